The van der Waals surface area contributed by atoms with Crippen molar-refractivity contribution in [1.29, 1.82) is 0 Å². The minimum atomic E-state index is -0.212. The van der Waals surface area contributed by atoms with Gasteiger partial charge in [0.2, 0.25) is 5.13 Å². The number of anilines is 2. The molecule has 3 rings (SSSR count). The average molecular weight is 533 g/mol. The molecule has 1 fully saturated rings. The quantitative estimate of drug-likeness (QED) is 0.363. The minimum Gasteiger partial charge on any atom is -0.375 e. The minimum absolute atomic E-state index is 0. The van der Waals surface area contributed by atoms with Crippen LogP contribution < -0.4 is 15.1 Å². The van der Waals surface area contributed by atoms with Crippen molar-refractivity contribution in [3.63, 3.8) is 0 Å². The second-order valence-corrected chi connectivity index (χ2v) is 7.63. The number of nitrogens with one attached hydrogen (secondary N) is 1. The van der Waals surface area contributed by atoms with Crippen molar-refractivity contribution in [2.75, 3.05) is 57.1 Å². The maximum absolute atomic E-state index is 14.2. The van der Waals surface area contributed by atoms with Crippen molar-refractivity contribution in [2.45, 2.75) is 19.9 Å². The van der Waals surface area contributed by atoms with Gasteiger partial charge in [-0.1, -0.05) is 13.0 Å². The Balaban J connectivity index is 0.00000300. The van der Waals surface area contributed by atoms with E-state index in [-0.39, 0.29) is 29.8 Å². The first-order chi connectivity index (χ1) is 13.5. The molecule has 160 valence electrons. The van der Waals surface area contributed by atoms with E-state index in [1.54, 1.807) is 24.1 Å². The van der Waals surface area contributed by atoms with Gasteiger partial charge in [0, 0.05) is 71.8 Å². The summed E-state index contributed by atoms with van der Waals surface area (Å²) in [6.45, 7) is 6.08. The molecule has 2 heterocycles. The van der Waals surface area contributed by atoms with E-state index >= 15 is 0 Å². The first-order valence-electron chi connectivity index (χ1n) is 9.50. The van der Waals surface area contributed by atoms with Crippen LogP contribution >= 0.6 is 35.5 Å². The topological polar surface area (TPSA) is 59.9 Å². The highest BCUT2D eigenvalue weighted by Crippen LogP contribution is 2.20. The predicted octanol–water partition coefficient (Wildman–Crippen LogP) is 2.82. The Hall–Kier alpha value is -1.69. The van der Waals surface area contributed by atoms with Crippen molar-refractivity contribution in [1.82, 2.24) is 19.6 Å². The maximum atomic E-state index is 14.2. The van der Waals surface area contributed by atoms with Crippen molar-refractivity contribution in [3.05, 3.63) is 35.4 Å². The summed E-state index contributed by atoms with van der Waals surface area (Å²) in [6, 6.07) is 5.33. The zero-order valence-electron chi connectivity index (χ0n) is 17.4. The lowest BCUT2D eigenvalue weighted by Crippen LogP contribution is -2.52. The van der Waals surface area contributed by atoms with Gasteiger partial charge in [-0.25, -0.2) is 9.37 Å². The molecule has 10 heteroatoms. The van der Waals surface area contributed by atoms with E-state index in [0.29, 0.717) is 12.2 Å². The predicted molar refractivity (Wildman–Crippen MR) is 129 cm³/mol. The van der Waals surface area contributed by atoms with Gasteiger partial charge >= 0.3 is 0 Å². The molecule has 29 heavy (non-hydrogen) atoms. The van der Waals surface area contributed by atoms with Crippen molar-refractivity contribution in [3.8, 4) is 0 Å². The Morgan fingerprint density at radius 1 is 1.28 bits per heavy atom. The van der Waals surface area contributed by atoms with Gasteiger partial charge in [-0.2, -0.15) is 4.37 Å². The number of halogens is 2. The number of benzene rings is 1. The SMILES string of the molecule is CCc1nsc(N2CCN(C(=NC)NCc3ccc(N(C)C)c(F)c3)CC2)n1.I. The number of guanidine groups is 1. The maximum Gasteiger partial charge on any atom is 0.205 e. The monoisotopic (exact) mass is 533 g/mol. The van der Waals surface area contributed by atoms with Gasteiger partial charge in [-0.05, 0) is 17.7 Å². The van der Waals surface area contributed by atoms with Gasteiger partial charge in [-0.15, -0.1) is 24.0 Å². The van der Waals surface area contributed by atoms with Crippen LogP contribution in [0.5, 0.6) is 0 Å². The van der Waals surface area contributed by atoms with Gasteiger partial charge in [0.25, 0.3) is 0 Å². The molecule has 0 radical (unpaired) electrons. The van der Waals surface area contributed by atoms with Crippen molar-refractivity contribution < 1.29 is 4.39 Å². The molecular weight excluding hydrogens is 504 g/mol. The second-order valence-electron chi connectivity index (χ2n) is 6.90. The van der Waals surface area contributed by atoms with E-state index < -0.39 is 0 Å². The van der Waals surface area contributed by atoms with E-state index in [9.17, 15) is 4.39 Å². The van der Waals surface area contributed by atoms with E-state index in [2.05, 4.69) is 36.4 Å². The summed E-state index contributed by atoms with van der Waals surface area (Å²) < 4.78 is 18.5. The Morgan fingerprint density at radius 3 is 2.55 bits per heavy atom. The van der Waals surface area contributed by atoms with Crippen molar-refractivity contribution in [2.24, 2.45) is 4.99 Å². The Labute approximate surface area is 193 Å². The number of nitrogens with zero attached hydrogens (tertiary/aromatic N) is 6. The highest BCUT2D eigenvalue weighted by molar-refractivity contribution is 14.0. The highest BCUT2D eigenvalue weighted by Gasteiger charge is 2.22. The molecule has 7 nitrogen and oxygen atoms in total. The first-order valence-corrected chi connectivity index (χ1v) is 10.3. The number of aromatic nitrogens is 2. The van der Waals surface area contributed by atoms with E-state index in [1.165, 1.54) is 11.5 Å². The van der Waals surface area contributed by atoms with Crippen LogP contribution in [0.1, 0.15) is 18.3 Å². The highest BCUT2D eigenvalue weighted by atomic mass is 127. The summed E-state index contributed by atoms with van der Waals surface area (Å²) in [4.78, 5) is 15.2. The number of hydrogen-bond acceptors (Lipinski definition) is 6. The molecular formula is C19H29FIN7S. The Morgan fingerprint density at radius 2 is 2.00 bits per heavy atom. The summed E-state index contributed by atoms with van der Waals surface area (Å²) in [6.07, 6.45) is 0.864. The van der Waals surface area contributed by atoms with Crippen LogP contribution in [0, 0.1) is 5.82 Å². The van der Waals surface area contributed by atoms with E-state index in [0.717, 1.165) is 55.1 Å². The standard InChI is InChI=1S/C19H28FN7S.HI/c1-5-17-23-19(28-24-17)27-10-8-26(9-11-27)18(21-2)22-13-14-6-7-16(25(3)4)15(20)12-14;/h6-7,12H,5,8-11,13H2,1-4H3,(H,21,22);1H. The molecule has 1 saturated heterocycles. The molecule has 0 amide bonds. The summed E-state index contributed by atoms with van der Waals surface area (Å²) >= 11 is 1.47. The van der Waals surface area contributed by atoms with Gasteiger partial charge < -0.3 is 20.0 Å². The number of aryl methyl sites for hydroxylation is 1. The molecule has 0 bridgehead atoms. The third-order valence-electron chi connectivity index (χ3n) is 4.78. The first kappa shape index (κ1) is 23.6. The molecule has 1 aliphatic heterocycles. The fourth-order valence-electron chi connectivity index (χ4n) is 3.16. The van der Waals surface area contributed by atoms with Gasteiger partial charge in [-0.3, -0.25) is 4.99 Å². The summed E-state index contributed by atoms with van der Waals surface area (Å²) in [5, 5.41) is 4.35. The largest absolute Gasteiger partial charge is 0.375 e. The van der Waals surface area contributed by atoms with Crippen molar-refractivity contribution >= 4 is 52.3 Å². The molecule has 0 aliphatic carbocycles. The average Bonchev–Trinajstić information content (AvgIpc) is 3.18. The van der Waals surface area contributed by atoms with E-state index in [4.69, 9.17) is 0 Å². The number of aliphatic imine (C=N–C) groups is 1. The molecule has 1 aromatic heterocycles. The van der Waals surface area contributed by atoms with Crippen LogP contribution in [0.3, 0.4) is 0 Å². The molecule has 1 N–H and O–H groups in total. The van der Waals surface area contributed by atoms with E-state index in [1.807, 2.05) is 20.2 Å². The molecule has 0 saturated carbocycles. The molecule has 1 aliphatic rings. The van der Waals surface area contributed by atoms with Crippen LogP contribution in [-0.4, -0.2) is 67.5 Å². The van der Waals surface area contributed by atoms with Crippen LogP contribution in [0.25, 0.3) is 0 Å². The third kappa shape index (κ3) is 5.91. The molecule has 0 atom stereocenters. The second kappa shape index (κ2) is 10.9. The van der Waals surface area contributed by atoms with Crippen LogP contribution in [0.4, 0.5) is 15.2 Å². The Kier molecular flexibility index (Phi) is 8.87. The number of hydrogen-bond donors (Lipinski definition) is 1. The smallest absolute Gasteiger partial charge is 0.205 e. The summed E-state index contributed by atoms with van der Waals surface area (Å²) in [5.74, 6) is 1.53. The third-order valence-corrected chi connectivity index (χ3v) is 5.59. The lowest BCUT2D eigenvalue weighted by molar-refractivity contribution is 0.372. The molecule has 2 aromatic rings. The molecule has 0 spiro atoms. The van der Waals surface area contributed by atoms with Gasteiger partial charge in [0.05, 0.1) is 5.69 Å². The zero-order chi connectivity index (χ0) is 20.1. The van der Waals surface area contributed by atoms with Crippen LogP contribution in [-0.2, 0) is 13.0 Å². The fourth-order valence-corrected chi connectivity index (χ4v) is 3.96. The van der Waals surface area contributed by atoms with Gasteiger partial charge in [0.1, 0.15) is 11.6 Å². The lowest BCUT2D eigenvalue weighted by Gasteiger charge is -2.36. The van der Waals surface area contributed by atoms with Crippen LogP contribution in [0.2, 0.25) is 0 Å². The zero-order valence-corrected chi connectivity index (χ0v) is 20.5. The Bertz CT molecular complexity index is 819. The number of rotatable bonds is 5. The number of piperazine rings is 1. The fraction of sp³-hybridized carbons (Fsp3) is 0.526. The molecule has 1 aromatic carbocycles. The lowest BCUT2D eigenvalue weighted by atomic mass is 10.2. The summed E-state index contributed by atoms with van der Waals surface area (Å²) in [5.41, 5.74) is 1.48. The molecule has 0 unspecified atom stereocenters. The van der Waals surface area contributed by atoms with Gasteiger partial charge in [0.15, 0.2) is 5.96 Å². The van der Waals surface area contributed by atoms with Crippen LogP contribution in [0.15, 0.2) is 23.2 Å². The normalized spacial score (nSPS) is 14.6. The summed E-state index contributed by atoms with van der Waals surface area (Å²) in [7, 11) is 5.45.